The summed E-state index contributed by atoms with van der Waals surface area (Å²) < 4.78 is 3.07. The molecule has 0 saturated heterocycles. The van der Waals surface area contributed by atoms with Crippen molar-refractivity contribution in [2.75, 3.05) is 0 Å². The molecule has 6 heteroatoms. The maximum atomic E-state index is 4.71. The Labute approximate surface area is 184 Å². The van der Waals surface area contributed by atoms with Crippen LogP contribution in [0.15, 0.2) is 74.1 Å². The van der Waals surface area contributed by atoms with Crippen molar-refractivity contribution >= 4 is 53.4 Å². The van der Waals surface area contributed by atoms with Crippen LogP contribution in [0.4, 0.5) is 0 Å². The minimum absolute atomic E-state index is 0.651. The van der Waals surface area contributed by atoms with Crippen LogP contribution in [0.5, 0.6) is 0 Å². The van der Waals surface area contributed by atoms with E-state index in [9.17, 15) is 0 Å². The lowest BCUT2D eigenvalue weighted by atomic mass is 10.1. The SMILES string of the molecule is C/C(Br)=C\C=C(/C)c1nc(-c2ccc(Br)cc2)nc(-c2ccc(Br)cc2)n1. The minimum Gasteiger partial charge on any atom is -0.209 e. The molecule has 0 aliphatic rings. The van der Waals surface area contributed by atoms with E-state index in [0.29, 0.717) is 17.5 Å². The fourth-order valence-electron chi connectivity index (χ4n) is 2.32. The zero-order valence-corrected chi connectivity index (χ0v) is 19.5. The van der Waals surface area contributed by atoms with Gasteiger partial charge in [0.25, 0.3) is 0 Å². The fraction of sp³-hybridized carbons (Fsp3) is 0.0952. The van der Waals surface area contributed by atoms with E-state index < -0.39 is 0 Å². The van der Waals surface area contributed by atoms with E-state index in [1.54, 1.807) is 0 Å². The second-order valence-electron chi connectivity index (χ2n) is 5.92. The molecule has 0 spiro atoms. The molecule has 27 heavy (non-hydrogen) atoms. The Morgan fingerprint density at radius 2 is 1.15 bits per heavy atom. The number of halogens is 3. The highest BCUT2D eigenvalue weighted by atomic mass is 79.9. The van der Waals surface area contributed by atoms with Crippen molar-refractivity contribution in [2.24, 2.45) is 0 Å². The third-order valence-electron chi connectivity index (χ3n) is 3.76. The maximum absolute atomic E-state index is 4.71. The number of nitrogens with zero attached hydrogens (tertiary/aromatic N) is 3. The van der Waals surface area contributed by atoms with Crippen LogP contribution in [0, 0.1) is 0 Å². The van der Waals surface area contributed by atoms with Crippen molar-refractivity contribution in [3.8, 4) is 22.8 Å². The molecule has 0 aliphatic carbocycles. The summed E-state index contributed by atoms with van der Waals surface area (Å²) in [6.45, 7) is 3.98. The van der Waals surface area contributed by atoms with Gasteiger partial charge in [0.2, 0.25) is 0 Å². The lowest BCUT2D eigenvalue weighted by Gasteiger charge is -2.08. The van der Waals surface area contributed by atoms with Gasteiger partial charge in [0.1, 0.15) is 0 Å². The maximum Gasteiger partial charge on any atom is 0.164 e. The first-order chi connectivity index (χ1) is 12.9. The third kappa shape index (κ3) is 5.43. The number of allylic oxidation sites excluding steroid dienone is 4. The van der Waals surface area contributed by atoms with Crippen molar-refractivity contribution in [2.45, 2.75) is 13.8 Å². The minimum atomic E-state index is 0.651. The van der Waals surface area contributed by atoms with Crippen molar-refractivity contribution in [3.63, 3.8) is 0 Å². The molecular weight excluding hydrogens is 534 g/mol. The average molecular weight is 550 g/mol. The van der Waals surface area contributed by atoms with Gasteiger partial charge in [0.15, 0.2) is 17.5 Å². The summed E-state index contributed by atoms with van der Waals surface area (Å²) in [5.41, 5.74) is 2.85. The zero-order valence-electron chi connectivity index (χ0n) is 14.7. The number of hydrogen-bond acceptors (Lipinski definition) is 3. The summed E-state index contributed by atoms with van der Waals surface area (Å²) in [7, 11) is 0. The first kappa shape index (κ1) is 20.1. The summed E-state index contributed by atoms with van der Waals surface area (Å²) >= 11 is 10.4. The predicted molar refractivity (Wildman–Crippen MR) is 122 cm³/mol. The Kier molecular flexibility index (Phi) is 6.73. The summed E-state index contributed by atoms with van der Waals surface area (Å²) in [6.07, 6.45) is 3.98. The van der Waals surface area contributed by atoms with Gasteiger partial charge in [-0.25, -0.2) is 15.0 Å². The molecule has 3 aromatic rings. The summed E-state index contributed by atoms with van der Waals surface area (Å²) in [5, 5.41) is 0. The van der Waals surface area contributed by atoms with Crippen molar-refractivity contribution < 1.29 is 0 Å². The second-order valence-corrected chi connectivity index (χ2v) is 9.01. The van der Waals surface area contributed by atoms with E-state index in [4.69, 9.17) is 15.0 Å². The highest BCUT2D eigenvalue weighted by Gasteiger charge is 2.11. The van der Waals surface area contributed by atoms with E-state index in [2.05, 4.69) is 47.8 Å². The molecule has 3 nitrogen and oxygen atoms in total. The molecule has 3 rings (SSSR count). The lowest BCUT2D eigenvalue weighted by molar-refractivity contribution is 1.03. The molecule has 0 fully saturated rings. The quantitative estimate of drug-likeness (QED) is 0.318. The third-order valence-corrected chi connectivity index (χ3v) is 5.08. The molecule has 136 valence electrons. The topological polar surface area (TPSA) is 38.7 Å². The van der Waals surface area contributed by atoms with Crippen LogP contribution in [-0.4, -0.2) is 15.0 Å². The first-order valence-corrected chi connectivity index (χ1v) is 10.6. The van der Waals surface area contributed by atoms with Gasteiger partial charge in [0.05, 0.1) is 0 Å². The number of benzene rings is 2. The van der Waals surface area contributed by atoms with E-state index in [1.807, 2.05) is 74.5 Å². The molecule has 0 atom stereocenters. The van der Waals surface area contributed by atoms with Gasteiger partial charge in [-0.1, -0.05) is 84.2 Å². The van der Waals surface area contributed by atoms with Crippen molar-refractivity contribution in [3.05, 3.63) is 79.9 Å². The van der Waals surface area contributed by atoms with Gasteiger partial charge in [-0.05, 0) is 48.2 Å². The molecule has 0 bridgehead atoms. The Morgan fingerprint density at radius 1 is 0.704 bits per heavy atom. The fourth-order valence-corrected chi connectivity index (χ4v) is 2.98. The highest BCUT2D eigenvalue weighted by molar-refractivity contribution is 9.11. The van der Waals surface area contributed by atoms with Gasteiger partial charge in [0, 0.05) is 20.1 Å². The largest absolute Gasteiger partial charge is 0.209 e. The van der Waals surface area contributed by atoms with Crippen LogP contribution >= 0.6 is 47.8 Å². The standard InChI is InChI=1S/C21H16Br3N3/c1-13(3-4-14(2)22)19-25-20(15-5-9-17(23)10-6-15)27-21(26-19)16-7-11-18(24)12-8-16/h3-12H,1-2H3/b13-3+,14-4+. The van der Waals surface area contributed by atoms with Crippen LogP contribution in [0.2, 0.25) is 0 Å². The number of hydrogen-bond donors (Lipinski definition) is 0. The lowest BCUT2D eigenvalue weighted by Crippen LogP contribution is -2.01. The Hall–Kier alpha value is -1.63. The van der Waals surface area contributed by atoms with Gasteiger partial charge in [-0.2, -0.15) is 0 Å². The normalized spacial score (nSPS) is 12.3. The molecule has 0 amide bonds. The van der Waals surface area contributed by atoms with E-state index >= 15 is 0 Å². The number of rotatable bonds is 4. The highest BCUT2D eigenvalue weighted by Crippen LogP contribution is 2.25. The molecule has 0 unspecified atom stereocenters. The van der Waals surface area contributed by atoms with Crippen LogP contribution in [0.25, 0.3) is 28.3 Å². The van der Waals surface area contributed by atoms with Crippen LogP contribution in [0.3, 0.4) is 0 Å². The number of aromatic nitrogens is 3. The van der Waals surface area contributed by atoms with E-state index in [1.165, 1.54) is 0 Å². The summed E-state index contributed by atoms with van der Waals surface area (Å²) in [5.74, 6) is 1.96. The molecule has 1 aromatic heterocycles. The van der Waals surface area contributed by atoms with E-state index in [-0.39, 0.29) is 0 Å². The van der Waals surface area contributed by atoms with Gasteiger partial charge < -0.3 is 0 Å². The molecule has 0 radical (unpaired) electrons. The van der Waals surface area contributed by atoms with Crippen LogP contribution in [0.1, 0.15) is 19.7 Å². The van der Waals surface area contributed by atoms with Crippen LogP contribution in [-0.2, 0) is 0 Å². The van der Waals surface area contributed by atoms with E-state index in [0.717, 1.165) is 30.1 Å². The molecule has 1 heterocycles. The van der Waals surface area contributed by atoms with Gasteiger partial charge in [-0.15, -0.1) is 0 Å². The zero-order chi connectivity index (χ0) is 19.4. The van der Waals surface area contributed by atoms with Gasteiger partial charge >= 0.3 is 0 Å². The van der Waals surface area contributed by atoms with Gasteiger partial charge in [-0.3, -0.25) is 0 Å². The summed E-state index contributed by atoms with van der Waals surface area (Å²) in [4.78, 5) is 14.1. The molecule has 2 aromatic carbocycles. The summed E-state index contributed by atoms with van der Waals surface area (Å²) in [6, 6.07) is 15.9. The Morgan fingerprint density at radius 3 is 1.56 bits per heavy atom. The predicted octanol–water partition coefficient (Wildman–Crippen LogP) is 7.43. The Bertz CT molecular complexity index is 940. The monoisotopic (exact) mass is 547 g/mol. The average Bonchev–Trinajstić information content (AvgIpc) is 2.67. The Balaban J connectivity index is 2.15. The van der Waals surface area contributed by atoms with Crippen molar-refractivity contribution in [1.29, 1.82) is 0 Å². The molecule has 0 aliphatic heterocycles. The first-order valence-electron chi connectivity index (χ1n) is 8.21. The second kappa shape index (κ2) is 9.04. The van der Waals surface area contributed by atoms with Crippen LogP contribution < -0.4 is 0 Å². The van der Waals surface area contributed by atoms with Crippen molar-refractivity contribution in [1.82, 2.24) is 15.0 Å². The molecule has 0 N–H and O–H groups in total. The smallest absolute Gasteiger partial charge is 0.164 e. The molecule has 0 saturated carbocycles. The molecular formula is C21H16Br3N3.